The number of benzene rings is 1. The fraction of sp³-hybridized carbons (Fsp3) is 0.435. The molecule has 2 aliphatic heterocycles. The zero-order valence-corrected chi connectivity index (χ0v) is 19.2. The van der Waals surface area contributed by atoms with Gasteiger partial charge >= 0.3 is 6.09 Å². The van der Waals surface area contributed by atoms with E-state index in [1.165, 1.54) is 7.11 Å². The van der Waals surface area contributed by atoms with Crippen molar-refractivity contribution in [2.24, 2.45) is 5.41 Å². The fourth-order valence-corrected chi connectivity index (χ4v) is 5.79. The second-order valence-electron chi connectivity index (χ2n) is 9.32. The third kappa shape index (κ3) is 3.17. The monoisotopic (exact) mass is 465 g/mol. The number of anilines is 1. The molecular formula is C23H24ClN7O2. The number of hydrogen-bond donors (Lipinski definition) is 0. The molecule has 1 aliphatic carbocycles. The Morgan fingerprint density at radius 3 is 2.70 bits per heavy atom. The highest BCUT2D eigenvalue weighted by molar-refractivity contribution is 6.30. The van der Waals surface area contributed by atoms with Gasteiger partial charge in [-0.25, -0.2) is 9.78 Å². The summed E-state index contributed by atoms with van der Waals surface area (Å²) in [5.41, 5.74) is 2.22. The zero-order chi connectivity index (χ0) is 22.7. The number of rotatable bonds is 2. The highest BCUT2D eigenvalue weighted by atomic mass is 35.5. The normalized spacial score (nSPS) is 21.0. The molecule has 1 atom stereocenters. The summed E-state index contributed by atoms with van der Waals surface area (Å²) in [6.07, 6.45) is 6.96. The van der Waals surface area contributed by atoms with Gasteiger partial charge in [0.05, 0.1) is 31.6 Å². The second-order valence-corrected chi connectivity index (χ2v) is 9.76. The lowest BCUT2D eigenvalue weighted by molar-refractivity contribution is 0.0580. The van der Waals surface area contributed by atoms with Crippen LogP contribution < -0.4 is 4.90 Å². The number of ether oxygens (including phenoxy) is 1. The largest absolute Gasteiger partial charge is 0.453 e. The van der Waals surface area contributed by atoms with Gasteiger partial charge in [-0.1, -0.05) is 11.6 Å². The summed E-state index contributed by atoms with van der Waals surface area (Å²) in [5, 5.41) is 9.79. The van der Waals surface area contributed by atoms with Crippen molar-refractivity contribution in [3.63, 3.8) is 0 Å². The van der Waals surface area contributed by atoms with Crippen LogP contribution >= 0.6 is 11.6 Å². The maximum atomic E-state index is 12.5. The van der Waals surface area contributed by atoms with Crippen LogP contribution in [0.4, 0.5) is 10.6 Å². The van der Waals surface area contributed by atoms with Crippen molar-refractivity contribution in [1.82, 2.24) is 29.6 Å². The molecule has 1 saturated heterocycles. The predicted molar refractivity (Wildman–Crippen MR) is 121 cm³/mol. The van der Waals surface area contributed by atoms with Crippen LogP contribution in [0.1, 0.15) is 48.9 Å². The van der Waals surface area contributed by atoms with E-state index in [4.69, 9.17) is 16.3 Å². The topological polar surface area (TPSA) is 89.3 Å². The number of amides is 1. The molecule has 1 aromatic carbocycles. The number of nitrogens with zero attached hydrogens (tertiary/aromatic N) is 7. The van der Waals surface area contributed by atoms with E-state index in [0.29, 0.717) is 22.9 Å². The minimum absolute atomic E-state index is 0.283. The molecule has 2 aromatic heterocycles. The molecular weight excluding hydrogens is 442 g/mol. The Balaban J connectivity index is 1.30. The van der Waals surface area contributed by atoms with E-state index in [2.05, 4.69) is 29.6 Å². The van der Waals surface area contributed by atoms with E-state index in [-0.39, 0.29) is 6.04 Å². The summed E-state index contributed by atoms with van der Waals surface area (Å²) >= 11 is 6.31. The molecule has 10 heteroatoms. The average Bonchev–Trinajstić information content (AvgIpc) is 3.15. The Morgan fingerprint density at radius 2 is 1.97 bits per heavy atom. The Hall–Kier alpha value is -3.20. The lowest BCUT2D eigenvalue weighted by atomic mass is 9.57. The lowest BCUT2D eigenvalue weighted by Gasteiger charge is -2.59. The van der Waals surface area contributed by atoms with E-state index in [1.807, 2.05) is 31.3 Å². The van der Waals surface area contributed by atoms with Crippen LogP contribution in [0, 0.1) is 5.41 Å². The molecule has 6 rings (SSSR count). The van der Waals surface area contributed by atoms with Crippen molar-refractivity contribution in [2.75, 3.05) is 25.1 Å². The van der Waals surface area contributed by atoms with Gasteiger partial charge in [-0.15, -0.1) is 10.2 Å². The van der Waals surface area contributed by atoms with Gasteiger partial charge in [-0.2, -0.15) is 0 Å². The summed E-state index contributed by atoms with van der Waals surface area (Å²) in [6, 6.07) is 5.50. The maximum absolute atomic E-state index is 12.5. The molecule has 1 unspecified atom stereocenters. The molecule has 4 heterocycles. The number of halogens is 1. The molecule has 2 fully saturated rings. The van der Waals surface area contributed by atoms with E-state index >= 15 is 0 Å². The zero-order valence-electron chi connectivity index (χ0n) is 18.5. The molecule has 1 saturated carbocycles. The Bertz CT molecular complexity index is 1220. The van der Waals surface area contributed by atoms with Gasteiger partial charge in [0.15, 0.2) is 5.82 Å². The number of carbonyl (C=O) groups excluding carboxylic acids is 1. The van der Waals surface area contributed by atoms with Crippen molar-refractivity contribution >= 4 is 23.5 Å². The van der Waals surface area contributed by atoms with Crippen LogP contribution in [0.15, 0.2) is 36.8 Å². The van der Waals surface area contributed by atoms with Crippen LogP contribution in [-0.4, -0.2) is 55.9 Å². The molecule has 1 amide bonds. The van der Waals surface area contributed by atoms with Crippen LogP contribution in [0.3, 0.4) is 0 Å². The van der Waals surface area contributed by atoms with E-state index in [0.717, 1.165) is 54.6 Å². The number of fused-ring (bicyclic) bond motifs is 3. The summed E-state index contributed by atoms with van der Waals surface area (Å²) < 4.78 is 7.18. The first-order valence-electron chi connectivity index (χ1n) is 11.1. The molecule has 170 valence electrons. The van der Waals surface area contributed by atoms with Gasteiger partial charge in [0.25, 0.3) is 0 Å². The third-order valence-electron chi connectivity index (χ3n) is 7.24. The second kappa shape index (κ2) is 7.41. The Labute approximate surface area is 196 Å². The highest BCUT2D eigenvalue weighted by Gasteiger charge is 2.54. The Morgan fingerprint density at radius 1 is 1.18 bits per heavy atom. The molecule has 0 N–H and O–H groups in total. The number of hydrogen-bond acceptors (Lipinski definition) is 7. The standard InChI is InChI=1S/C23H24ClN7O2/c1-14-20-27-28-21(16-8-23(9-16)12-29(13-23)19-10-25-5-6-26-19)31(20)18-4-3-17(24)7-15(18)11-30(14)22(32)33-2/h3-7,10,14,16H,8-9,11-13H2,1-2H3. The molecule has 9 nitrogen and oxygen atoms in total. The van der Waals surface area contributed by atoms with Crippen molar-refractivity contribution in [3.05, 3.63) is 59.0 Å². The molecule has 33 heavy (non-hydrogen) atoms. The molecule has 1 spiro atoms. The maximum Gasteiger partial charge on any atom is 0.410 e. The Kier molecular flexibility index (Phi) is 4.58. The van der Waals surface area contributed by atoms with E-state index in [1.54, 1.807) is 17.3 Å². The molecule has 0 radical (unpaired) electrons. The highest BCUT2D eigenvalue weighted by Crippen LogP contribution is 2.56. The molecule has 3 aromatic rings. The van der Waals surface area contributed by atoms with Gasteiger partial charge in [-0.3, -0.25) is 14.5 Å². The molecule has 0 bridgehead atoms. The number of methoxy groups -OCH3 is 1. The predicted octanol–water partition coefficient (Wildman–Crippen LogP) is 3.74. The first-order valence-corrected chi connectivity index (χ1v) is 11.5. The fourth-order valence-electron chi connectivity index (χ4n) is 5.60. The van der Waals surface area contributed by atoms with Crippen LogP contribution in [0.2, 0.25) is 5.02 Å². The van der Waals surface area contributed by atoms with Gasteiger partial charge in [0.1, 0.15) is 11.6 Å². The van der Waals surface area contributed by atoms with E-state index < -0.39 is 6.09 Å². The quantitative estimate of drug-likeness (QED) is 0.569. The summed E-state index contributed by atoms with van der Waals surface area (Å²) in [7, 11) is 1.39. The first kappa shape index (κ1) is 20.4. The van der Waals surface area contributed by atoms with Gasteiger partial charge in [0, 0.05) is 41.8 Å². The van der Waals surface area contributed by atoms with Gasteiger partial charge < -0.3 is 9.64 Å². The summed E-state index contributed by atoms with van der Waals surface area (Å²) in [4.78, 5) is 25.1. The first-order chi connectivity index (χ1) is 16.0. The smallest absolute Gasteiger partial charge is 0.410 e. The average molecular weight is 466 g/mol. The van der Waals surface area contributed by atoms with Crippen molar-refractivity contribution < 1.29 is 9.53 Å². The number of aromatic nitrogens is 5. The van der Waals surface area contributed by atoms with Gasteiger partial charge in [0.2, 0.25) is 0 Å². The summed E-state index contributed by atoms with van der Waals surface area (Å²) in [5.74, 6) is 2.95. The van der Waals surface area contributed by atoms with Crippen molar-refractivity contribution in [3.8, 4) is 5.69 Å². The summed E-state index contributed by atoms with van der Waals surface area (Å²) in [6.45, 7) is 4.33. The van der Waals surface area contributed by atoms with Crippen molar-refractivity contribution in [1.29, 1.82) is 0 Å². The lowest BCUT2D eigenvalue weighted by Crippen LogP contribution is -2.62. The van der Waals surface area contributed by atoms with Crippen LogP contribution in [0.25, 0.3) is 5.69 Å². The van der Waals surface area contributed by atoms with Crippen LogP contribution in [0.5, 0.6) is 0 Å². The third-order valence-corrected chi connectivity index (χ3v) is 7.47. The van der Waals surface area contributed by atoms with Crippen molar-refractivity contribution in [2.45, 2.75) is 38.3 Å². The number of carbonyl (C=O) groups is 1. The van der Waals surface area contributed by atoms with E-state index in [9.17, 15) is 4.79 Å². The minimum Gasteiger partial charge on any atom is -0.453 e. The van der Waals surface area contributed by atoms with Gasteiger partial charge in [-0.05, 0) is 43.5 Å². The minimum atomic E-state index is -0.396. The molecule has 3 aliphatic rings. The van der Waals surface area contributed by atoms with Crippen LogP contribution in [-0.2, 0) is 11.3 Å². The SMILES string of the molecule is COC(=O)N1Cc2cc(Cl)ccc2-n2c(C3CC4(C3)CN(c3cnccn3)C4)nnc2C1C.